The zero-order chi connectivity index (χ0) is 14.8. The van der Waals surface area contributed by atoms with Crippen LogP contribution in [0.15, 0.2) is 41.4 Å². The first-order chi connectivity index (χ1) is 9.38. The zero-order valence-electron chi connectivity index (χ0n) is 9.92. The third kappa shape index (κ3) is 2.98. The van der Waals surface area contributed by atoms with Crippen molar-refractivity contribution in [2.75, 3.05) is 10.5 Å². The maximum Gasteiger partial charge on any atom is 0.269 e. The summed E-state index contributed by atoms with van der Waals surface area (Å²) in [5.41, 5.74) is 5.14. The van der Waals surface area contributed by atoms with Gasteiger partial charge in [0.05, 0.1) is 9.82 Å². The third-order valence-electron chi connectivity index (χ3n) is 2.27. The van der Waals surface area contributed by atoms with Crippen molar-refractivity contribution in [2.45, 2.75) is 4.90 Å². The fraction of sp³-hybridized carbons (Fsp3) is 0. The van der Waals surface area contributed by atoms with E-state index in [2.05, 4.69) is 14.7 Å². The molecule has 0 aliphatic rings. The molecule has 0 aliphatic heterocycles. The molecule has 0 fully saturated rings. The number of aromatic nitrogens is 2. The first-order valence-electron chi connectivity index (χ1n) is 5.24. The topological polar surface area (TPSA) is 141 Å². The predicted octanol–water partition coefficient (Wildman–Crippen LogP) is 0.768. The van der Waals surface area contributed by atoms with Crippen LogP contribution in [0.2, 0.25) is 0 Å². The van der Waals surface area contributed by atoms with E-state index in [0.717, 1.165) is 24.3 Å². The van der Waals surface area contributed by atoms with Crippen molar-refractivity contribution in [3.63, 3.8) is 0 Å². The van der Waals surface area contributed by atoms with Crippen LogP contribution in [0.1, 0.15) is 0 Å². The van der Waals surface area contributed by atoms with Crippen LogP contribution in [-0.2, 0) is 10.0 Å². The minimum Gasteiger partial charge on any atom is -0.368 e. The minimum absolute atomic E-state index is 0.0100. The first kappa shape index (κ1) is 13.7. The Labute approximate surface area is 113 Å². The van der Waals surface area contributed by atoms with Crippen molar-refractivity contribution < 1.29 is 13.3 Å². The van der Waals surface area contributed by atoms with Crippen molar-refractivity contribution >= 4 is 27.5 Å². The number of hydrogen-bond acceptors (Lipinski definition) is 7. The number of nitrogen functional groups attached to an aromatic ring is 1. The average molecular weight is 295 g/mol. The Balaban J connectivity index is 2.28. The van der Waals surface area contributed by atoms with Gasteiger partial charge in [0.15, 0.2) is 0 Å². The van der Waals surface area contributed by atoms with E-state index in [0.29, 0.717) is 0 Å². The second kappa shape index (κ2) is 5.09. The van der Waals surface area contributed by atoms with Crippen LogP contribution in [0.3, 0.4) is 0 Å². The molecule has 0 bridgehead atoms. The van der Waals surface area contributed by atoms with Crippen LogP contribution < -0.4 is 10.5 Å². The first-order valence-corrected chi connectivity index (χ1v) is 6.72. The van der Waals surface area contributed by atoms with Gasteiger partial charge in [-0.3, -0.25) is 14.8 Å². The third-order valence-corrected chi connectivity index (χ3v) is 3.64. The quantitative estimate of drug-likeness (QED) is 0.626. The molecule has 20 heavy (non-hydrogen) atoms. The Morgan fingerprint density at radius 3 is 2.40 bits per heavy atom. The van der Waals surface area contributed by atoms with Crippen LogP contribution in [-0.4, -0.2) is 23.3 Å². The molecule has 3 N–H and O–H groups in total. The molecule has 1 heterocycles. The summed E-state index contributed by atoms with van der Waals surface area (Å²) in [6.45, 7) is 0. The molecule has 0 unspecified atom stereocenters. The highest BCUT2D eigenvalue weighted by Crippen LogP contribution is 2.18. The number of hydrogen-bond donors (Lipinski definition) is 2. The smallest absolute Gasteiger partial charge is 0.269 e. The summed E-state index contributed by atoms with van der Waals surface area (Å²) in [7, 11) is -3.89. The maximum atomic E-state index is 12.0. The number of benzene rings is 1. The van der Waals surface area contributed by atoms with E-state index in [1.54, 1.807) is 0 Å². The van der Waals surface area contributed by atoms with E-state index in [1.165, 1.54) is 12.3 Å². The molecule has 2 aromatic rings. The lowest BCUT2D eigenvalue weighted by Gasteiger charge is -2.07. The molecule has 10 heteroatoms. The molecule has 1 aromatic carbocycles. The van der Waals surface area contributed by atoms with E-state index >= 15 is 0 Å². The summed E-state index contributed by atoms with van der Waals surface area (Å²) < 4.78 is 26.2. The number of nitro groups is 1. The van der Waals surface area contributed by atoms with Gasteiger partial charge in [-0.15, -0.1) is 0 Å². The Morgan fingerprint density at radius 1 is 1.20 bits per heavy atom. The summed E-state index contributed by atoms with van der Waals surface area (Å²) in [5.74, 6) is -0.0650. The van der Waals surface area contributed by atoms with Crippen molar-refractivity contribution in [1.29, 1.82) is 0 Å². The van der Waals surface area contributed by atoms with Crippen molar-refractivity contribution in [3.8, 4) is 0 Å². The SMILES string of the molecule is Nc1nccc(NS(=O)(=O)c2ccc([N+](=O)[O-])cc2)n1. The van der Waals surface area contributed by atoms with Crippen molar-refractivity contribution in [2.24, 2.45) is 0 Å². The second-order valence-electron chi connectivity index (χ2n) is 3.66. The summed E-state index contributed by atoms with van der Waals surface area (Å²) in [4.78, 5) is 17.1. The predicted molar refractivity (Wildman–Crippen MR) is 70.3 cm³/mol. The largest absolute Gasteiger partial charge is 0.368 e. The molecule has 0 atom stereocenters. The molecule has 104 valence electrons. The number of nitro benzene ring substituents is 1. The highest BCUT2D eigenvalue weighted by Gasteiger charge is 2.16. The Hall–Kier alpha value is -2.75. The fourth-order valence-corrected chi connectivity index (χ4v) is 2.38. The maximum absolute atomic E-state index is 12.0. The average Bonchev–Trinajstić information content (AvgIpc) is 2.38. The van der Waals surface area contributed by atoms with Crippen LogP contribution in [0.25, 0.3) is 0 Å². The van der Waals surface area contributed by atoms with Crippen LogP contribution in [0, 0.1) is 10.1 Å². The van der Waals surface area contributed by atoms with Crippen LogP contribution in [0.4, 0.5) is 17.5 Å². The van der Waals surface area contributed by atoms with Crippen LogP contribution in [0.5, 0.6) is 0 Å². The number of nitrogens with one attached hydrogen (secondary N) is 1. The van der Waals surface area contributed by atoms with Gasteiger partial charge < -0.3 is 5.73 Å². The highest BCUT2D eigenvalue weighted by molar-refractivity contribution is 7.92. The molecule has 0 amide bonds. The summed E-state index contributed by atoms with van der Waals surface area (Å²) in [6.07, 6.45) is 1.30. The van der Waals surface area contributed by atoms with Crippen LogP contribution >= 0.6 is 0 Å². The van der Waals surface area contributed by atoms with Gasteiger partial charge in [-0.1, -0.05) is 0 Å². The highest BCUT2D eigenvalue weighted by atomic mass is 32.2. The molecule has 0 spiro atoms. The normalized spacial score (nSPS) is 11.0. The molecule has 0 saturated heterocycles. The van der Waals surface area contributed by atoms with E-state index in [1.807, 2.05) is 0 Å². The summed E-state index contributed by atoms with van der Waals surface area (Å²) in [5, 5.41) is 10.5. The van der Waals surface area contributed by atoms with Crippen molar-refractivity contribution in [1.82, 2.24) is 9.97 Å². The van der Waals surface area contributed by atoms with Gasteiger partial charge in [0, 0.05) is 18.3 Å². The zero-order valence-corrected chi connectivity index (χ0v) is 10.7. The standard InChI is InChI=1S/C10H9N5O4S/c11-10-12-6-5-9(13-10)14-20(18,19)8-3-1-7(2-4-8)15(16)17/h1-6H,(H3,11,12,13,14). The second-order valence-corrected chi connectivity index (χ2v) is 5.34. The van der Waals surface area contributed by atoms with E-state index in [-0.39, 0.29) is 22.3 Å². The van der Waals surface area contributed by atoms with Gasteiger partial charge in [-0.05, 0) is 18.2 Å². The molecule has 2 rings (SSSR count). The molecular weight excluding hydrogens is 286 g/mol. The summed E-state index contributed by atoms with van der Waals surface area (Å²) in [6, 6.07) is 5.79. The molecule has 0 radical (unpaired) electrons. The number of non-ortho nitro benzene ring substituents is 1. The van der Waals surface area contributed by atoms with Gasteiger partial charge in [0.25, 0.3) is 15.7 Å². The van der Waals surface area contributed by atoms with E-state index < -0.39 is 14.9 Å². The van der Waals surface area contributed by atoms with Gasteiger partial charge >= 0.3 is 0 Å². The minimum atomic E-state index is -3.89. The number of nitrogens with zero attached hydrogens (tertiary/aromatic N) is 3. The number of rotatable bonds is 4. The van der Waals surface area contributed by atoms with Gasteiger partial charge in [0.2, 0.25) is 5.95 Å². The molecular formula is C10H9N5O4S. The number of sulfonamides is 1. The lowest BCUT2D eigenvalue weighted by molar-refractivity contribution is -0.384. The monoisotopic (exact) mass is 295 g/mol. The van der Waals surface area contributed by atoms with E-state index in [4.69, 9.17) is 5.73 Å². The Morgan fingerprint density at radius 2 is 1.85 bits per heavy atom. The van der Waals surface area contributed by atoms with Gasteiger partial charge in [0.1, 0.15) is 5.82 Å². The van der Waals surface area contributed by atoms with E-state index in [9.17, 15) is 18.5 Å². The summed E-state index contributed by atoms with van der Waals surface area (Å²) >= 11 is 0. The van der Waals surface area contributed by atoms with Gasteiger partial charge in [-0.2, -0.15) is 4.98 Å². The Kier molecular flexibility index (Phi) is 3.48. The lowest BCUT2D eigenvalue weighted by Crippen LogP contribution is -2.14. The fourth-order valence-electron chi connectivity index (χ4n) is 1.37. The van der Waals surface area contributed by atoms with Crippen molar-refractivity contribution in [3.05, 3.63) is 46.6 Å². The number of anilines is 2. The molecule has 1 aromatic heterocycles. The molecule has 0 saturated carbocycles. The Bertz CT molecular complexity index is 744. The van der Waals surface area contributed by atoms with Gasteiger partial charge in [-0.25, -0.2) is 13.4 Å². The number of nitrogens with two attached hydrogens (primary N) is 1. The molecule has 0 aliphatic carbocycles. The molecule has 9 nitrogen and oxygen atoms in total. The lowest BCUT2D eigenvalue weighted by atomic mass is 10.3.